The van der Waals surface area contributed by atoms with Crippen LogP contribution in [0.2, 0.25) is 0 Å². The molecule has 1 aromatic heterocycles. The number of hydrogen-bond acceptors (Lipinski definition) is 6. The number of ether oxygens (including phenoxy) is 2. The first-order valence-electron chi connectivity index (χ1n) is 4.95. The van der Waals surface area contributed by atoms with E-state index in [0.29, 0.717) is 11.1 Å². The number of benzene rings is 1. The third kappa shape index (κ3) is 3.13. The van der Waals surface area contributed by atoms with Crippen LogP contribution >= 0.6 is 11.8 Å². The van der Waals surface area contributed by atoms with E-state index in [4.69, 9.17) is 13.9 Å². The maximum absolute atomic E-state index is 5.49. The normalized spacial score (nSPS) is 10.2. The summed E-state index contributed by atoms with van der Waals surface area (Å²) in [6.07, 6.45) is 1.88. The summed E-state index contributed by atoms with van der Waals surface area (Å²) in [6.45, 7) is 0.264. The topological polar surface area (TPSA) is 57.4 Å². The van der Waals surface area contributed by atoms with E-state index >= 15 is 0 Å². The zero-order valence-corrected chi connectivity index (χ0v) is 10.4. The molecule has 0 N–H and O–H groups in total. The van der Waals surface area contributed by atoms with Crippen LogP contribution in [0.3, 0.4) is 0 Å². The zero-order valence-electron chi connectivity index (χ0n) is 9.54. The van der Waals surface area contributed by atoms with Gasteiger partial charge >= 0.3 is 0 Å². The largest absolute Gasteiger partial charge is 0.497 e. The van der Waals surface area contributed by atoms with E-state index in [2.05, 4.69) is 10.2 Å². The molecule has 0 saturated heterocycles. The van der Waals surface area contributed by atoms with E-state index in [-0.39, 0.29) is 6.61 Å². The minimum absolute atomic E-state index is 0.264. The predicted molar refractivity (Wildman–Crippen MR) is 63.4 cm³/mol. The monoisotopic (exact) mass is 252 g/mol. The standard InChI is InChI=1S/C11H12N2O3S/c1-14-8-3-5-9(6-4-8)15-7-10-12-13-11(16-10)17-2/h3-6H,7H2,1-2H3. The molecule has 0 radical (unpaired) electrons. The Morgan fingerprint density at radius 2 is 1.88 bits per heavy atom. The fraction of sp³-hybridized carbons (Fsp3) is 0.273. The molecule has 1 aromatic carbocycles. The van der Waals surface area contributed by atoms with Gasteiger partial charge in [0, 0.05) is 0 Å². The number of methoxy groups -OCH3 is 1. The molecule has 0 saturated carbocycles. The van der Waals surface area contributed by atoms with Crippen LogP contribution in [0.1, 0.15) is 5.89 Å². The molecule has 0 aliphatic carbocycles. The van der Waals surface area contributed by atoms with E-state index in [9.17, 15) is 0 Å². The van der Waals surface area contributed by atoms with Crippen LogP contribution in [0.4, 0.5) is 0 Å². The summed E-state index contributed by atoms with van der Waals surface area (Å²) in [4.78, 5) is 0. The van der Waals surface area contributed by atoms with Crippen LogP contribution in [0, 0.1) is 0 Å². The van der Waals surface area contributed by atoms with Gasteiger partial charge < -0.3 is 13.9 Å². The van der Waals surface area contributed by atoms with Gasteiger partial charge in [0.2, 0.25) is 0 Å². The number of aromatic nitrogens is 2. The average Bonchev–Trinajstić information content (AvgIpc) is 2.85. The summed E-state index contributed by atoms with van der Waals surface area (Å²) in [5.41, 5.74) is 0. The fourth-order valence-electron chi connectivity index (χ4n) is 1.20. The highest BCUT2D eigenvalue weighted by Crippen LogP contribution is 2.18. The van der Waals surface area contributed by atoms with Gasteiger partial charge in [-0.25, -0.2) is 0 Å². The van der Waals surface area contributed by atoms with Crippen LogP contribution in [0.25, 0.3) is 0 Å². The molecule has 0 fully saturated rings. The molecule has 0 spiro atoms. The summed E-state index contributed by atoms with van der Waals surface area (Å²) in [5, 5.41) is 8.21. The van der Waals surface area contributed by atoms with Crippen LogP contribution in [0.15, 0.2) is 33.9 Å². The van der Waals surface area contributed by atoms with E-state index < -0.39 is 0 Å². The van der Waals surface area contributed by atoms with Crippen molar-refractivity contribution < 1.29 is 13.9 Å². The molecule has 0 aliphatic rings. The molecular weight excluding hydrogens is 240 g/mol. The Kier molecular flexibility index (Phi) is 3.87. The Balaban J connectivity index is 1.92. The molecule has 5 nitrogen and oxygen atoms in total. The first kappa shape index (κ1) is 11.8. The summed E-state index contributed by atoms with van der Waals surface area (Å²) in [5.74, 6) is 1.99. The molecule has 1 heterocycles. The zero-order chi connectivity index (χ0) is 12.1. The Morgan fingerprint density at radius 3 is 2.47 bits per heavy atom. The maximum atomic E-state index is 5.49. The molecule has 2 aromatic rings. The lowest BCUT2D eigenvalue weighted by atomic mass is 10.3. The van der Waals surface area contributed by atoms with Crippen molar-refractivity contribution in [2.24, 2.45) is 0 Å². The highest BCUT2D eigenvalue weighted by Gasteiger charge is 2.05. The van der Waals surface area contributed by atoms with Crippen molar-refractivity contribution in [2.45, 2.75) is 11.8 Å². The second kappa shape index (κ2) is 5.58. The van der Waals surface area contributed by atoms with Crippen molar-refractivity contribution in [3.05, 3.63) is 30.2 Å². The van der Waals surface area contributed by atoms with Gasteiger partial charge in [-0.05, 0) is 30.5 Å². The second-order valence-corrected chi connectivity index (χ2v) is 3.89. The van der Waals surface area contributed by atoms with Gasteiger partial charge in [-0.15, -0.1) is 10.2 Å². The number of nitrogens with zero attached hydrogens (tertiary/aromatic N) is 2. The SMILES string of the molecule is COc1ccc(OCc2nnc(SC)o2)cc1. The Bertz CT molecular complexity index is 470. The van der Waals surface area contributed by atoms with Crippen LogP contribution in [-0.4, -0.2) is 23.6 Å². The van der Waals surface area contributed by atoms with E-state index in [0.717, 1.165) is 11.5 Å². The van der Waals surface area contributed by atoms with Gasteiger partial charge in [-0.2, -0.15) is 0 Å². The summed E-state index contributed by atoms with van der Waals surface area (Å²) < 4.78 is 15.8. The molecule has 17 heavy (non-hydrogen) atoms. The Hall–Kier alpha value is -1.69. The lowest BCUT2D eigenvalue weighted by Gasteiger charge is -2.04. The summed E-state index contributed by atoms with van der Waals surface area (Å²) >= 11 is 1.40. The van der Waals surface area contributed by atoms with Crippen molar-refractivity contribution in [1.82, 2.24) is 10.2 Å². The average molecular weight is 252 g/mol. The third-order valence-corrected chi connectivity index (χ3v) is 2.56. The highest BCUT2D eigenvalue weighted by molar-refractivity contribution is 7.98. The molecule has 6 heteroatoms. The molecular formula is C11H12N2O3S. The molecule has 2 rings (SSSR count). The van der Waals surface area contributed by atoms with Crippen molar-refractivity contribution >= 4 is 11.8 Å². The van der Waals surface area contributed by atoms with Crippen LogP contribution in [0.5, 0.6) is 11.5 Å². The third-order valence-electron chi connectivity index (χ3n) is 2.04. The van der Waals surface area contributed by atoms with Crippen LogP contribution in [-0.2, 0) is 6.61 Å². The molecule has 0 aliphatic heterocycles. The quantitative estimate of drug-likeness (QED) is 0.761. The van der Waals surface area contributed by atoms with E-state index in [1.54, 1.807) is 7.11 Å². The highest BCUT2D eigenvalue weighted by atomic mass is 32.2. The smallest absolute Gasteiger partial charge is 0.276 e. The van der Waals surface area contributed by atoms with E-state index in [1.807, 2.05) is 30.5 Å². The van der Waals surface area contributed by atoms with Gasteiger partial charge in [0.05, 0.1) is 7.11 Å². The molecule has 0 amide bonds. The molecule has 0 unspecified atom stereocenters. The first-order chi connectivity index (χ1) is 8.31. The minimum Gasteiger partial charge on any atom is -0.497 e. The van der Waals surface area contributed by atoms with Gasteiger partial charge in [0.1, 0.15) is 11.5 Å². The summed E-state index contributed by atoms with van der Waals surface area (Å²) in [6, 6.07) is 7.31. The van der Waals surface area contributed by atoms with Crippen molar-refractivity contribution in [3.63, 3.8) is 0 Å². The van der Waals surface area contributed by atoms with Gasteiger partial charge in [-0.3, -0.25) is 0 Å². The lowest BCUT2D eigenvalue weighted by molar-refractivity contribution is 0.252. The lowest BCUT2D eigenvalue weighted by Crippen LogP contribution is -1.95. The van der Waals surface area contributed by atoms with Crippen molar-refractivity contribution in [1.29, 1.82) is 0 Å². The fourth-order valence-corrected chi connectivity index (χ4v) is 1.50. The second-order valence-electron chi connectivity index (χ2n) is 3.13. The number of rotatable bonds is 5. The minimum atomic E-state index is 0.264. The molecule has 0 atom stereocenters. The van der Waals surface area contributed by atoms with Crippen molar-refractivity contribution in [3.8, 4) is 11.5 Å². The van der Waals surface area contributed by atoms with Gasteiger partial charge in [-0.1, -0.05) is 11.8 Å². The number of hydrogen-bond donors (Lipinski definition) is 0. The van der Waals surface area contributed by atoms with Crippen molar-refractivity contribution in [2.75, 3.05) is 13.4 Å². The predicted octanol–water partition coefficient (Wildman–Crippen LogP) is 2.38. The molecule has 90 valence electrons. The number of thioether (sulfide) groups is 1. The first-order valence-corrected chi connectivity index (χ1v) is 6.17. The van der Waals surface area contributed by atoms with Gasteiger partial charge in [0.15, 0.2) is 6.61 Å². The van der Waals surface area contributed by atoms with E-state index in [1.165, 1.54) is 11.8 Å². The maximum Gasteiger partial charge on any atom is 0.276 e. The Labute approximate surface area is 103 Å². The Morgan fingerprint density at radius 1 is 1.18 bits per heavy atom. The summed E-state index contributed by atoms with van der Waals surface area (Å²) in [7, 11) is 1.62. The van der Waals surface area contributed by atoms with Gasteiger partial charge in [0.25, 0.3) is 11.1 Å². The molecule has 0 bridgehead atoms. The van der Waals surface area contributed by atoms with Crippen LogP contribution < -0.4 is 9.47 Å².